The van der Waals surface area contributed by atoms with Gasteiger partial charge in [0, 0.05) is 23.4 Å². The van der Waals surface area contributed by atoms with Gasteiger partial charge < -0.3 is 9.30 Å². The number of ether oxygens (including phenoxy) is 1. The van der Waals surface area contributed by atoms with E-state index < -0.39 is 0 Å². The molecule has 0 aliphatic rings. The van der Waals surface area contributed by atoms with E-state index in [9.17, 15) is 9.59 Å². The summed E-state index contributed by atoms with van der Waals surface area (Å²) in [5.74, 6) is -0.0531. The molecule has 0 radical (unpaired) electrons. The van der Waals surface area contributed by atoms with Crippen LogP contribution < -0.4 is 5.56 Å². The van der Waals surface area contributed by atoms with Gasteiger partial charge in [-0.1, -0.05) is 18.2 Å². The van der Waals surface area contributed by atoms with E-state index in [4.69, 9.17) is 4.74 Å². The van der Waals surface area contributed by atoms with E-state index in [1.54, 1.807) is 24.6 Å². The van der Waals surface area contributed by atoms with Crippen LogP contribution >= 0.6 is 11.8 Å². The van der Waals surface area contributed by atoms with E-state index in [1.165, 1.54) is 11.8 Å². The molecule has 0 fully saturated rings. The standard InChI is InChI=1S/C14H15NO3S/c1-3-18-14(17)9-19-12-8-13(16)15(2)11-7-5-4-6-10(11)12/h4-8H,3,9H2,1-2H3. The van der Waals surface area contributed by atoms with Gasteiger partial charge in [-0.2, -0.15) is 0 Å². The van der Waals surface area contributed by atoms with Crippen LogP contribution in [0.25, 0.3) is 10.9 Å². The molecule has 0 saturated carbocycles. The largest absolute Gasteiger partial charge is 0.465 e. The highest BCUT2D eigenvalue weighted by Gasteiger charge is 2.09. The van der Waals surface area contributed by atoms with E-state index in [0.717, 1.165) is 15.8 Å². The SMILES string of the molecule is CCOC(=O)CSc1cc(=O)n(C)c2ccccc12. The zero-order chi connectivity index (χ0) is 13.8. The number of thioether (sulfide) groups is 1. The molecule has 2 rings (SSSR count). The summed E-state index contributed by atoms with van der Waals surface area (Å²) in [5.41, 5.74) is 0.784. The lowest BCUT2D eigenvalue weighted by molar-refractivity contribution is -0.139. The van der Waals surface area contributed by atoms with Crippen molar-refractivity contribution in [3.63, 3.8) is 0 Å². The summed E-state index contributed by atoms with van der Waals surface area (Å²) >= 11 is 1.33. The maximum Gasteiger partial charge on any atom is 0.316 e. The summed E-state index contributed by atoms with van der Waals surface area (Å²) < 4.78 is 6.49. The van der Waals surface area contributed by atoms with Crippen LogP contribution in [0, 0.1) is 0 Å². The minimum Gasteiger partial charge on any atom is -0.465 e. The molecular formula is C14H15NO3S. The van der Waals surface area contributed by atoms with Gasteiger partial charge in [0.2, 0.25) is 0 Å². The molecule has 0 N–H and O–H groups in total. The molecule has 1 aromatic heterocycles. The molecule has 0 saturated heterocycles. The van der Waals surface area contributed by atoms with Gasteiger partial charge in [-0.05, 0) is 13.0 Å². The first kappa shape index (κ1) is 13.7. The van der Waals surface area contributed by atoms with Gasteiger partial charge in [-0.15, -0.1) is 11.8 Å². The first-order valence-electron chi connectivity index (χ1n) is 6.00. The molecule has 0 aliphatic carbocycles. The van der Waals surface area contributed by atoms with E-state index in [1.807, 2.05) is 24.3 Å². The molecule has 2 aromatic rings. The van der Waals surface area contributed by atoms with Crippen LogP contribution in [0.15, 0.2) is 40.0 Å². The number of esters is 1. The van der Waals surface area contributed by atoms with Crippen molar-refractivity contribution >= 4 is 28.6 Å². The molecule has 4 nitrogen and oxygen atoms in total. The fraction of sp³-hybridized carbons (Fsp3) is 0.286. The quantitative estimate of drug-likeness (QED) is 0.635. The Labute approximate surface area is 115 Å². The van der Waals surface area contributed by atoms with Crippen molar-refractivity contribution in [2.45, 2.75) is 11.8 Å². The van der Waals surface area contributed by atoms with Gasteiger partial charge >= 0.3 is 5.97 Å². The minimum atomic E-state index is -0.266. The first-order valence-corrected chi connectivity index (χ1v) is 6.99. The summed E-state index contributed by atoms with van der Waals surface area (Å²) in [4.78, 5) is 24.0. The van der Waals surface area contributed by atoms with Crippen LogP contribution in [0.5, 0.6) is 0 Å². The molecule has 0 atom stereocenters. The third kappa shape index (κ3) is 2.98. The van der Waals surface area contributed by atoms with Crippen LogP contribution in [-0.4, -0.2) is 22.9 Å². The maximum atomic E-state index is 11.9. The first-order chi connectivity index (χ1) is 9.13. The zero-order valence-electron chi connectivity index (χ0n) is 10.9. The number of hydrogen-bond donors (Lipinski definition) is 0. The zero-order valence-corrected chi connectivity index (χ0v) is 11.7. The van der Waals surface area contributed by atoms with E-state index in [2.05, 4.69) is 0 Å². The second kappa shape index (κ2) is 5.93. The monoisotopic (exact) mass is 277 g/mol. The van der Waals surface area contributed by atoms with Crippen LogP contribution in [0.4, 0.5) is 0 Å². The maximum absolute atomic E-state index is 11.9. The molecule has 1 aromatic carbocycles. The number of aryl methyl sites for hydroxylation is 1. The summed E-state index contributed by atoms with van der Waals surface area (Å²) in [7, 11) is 1.74. The Morgan fingerprint density at radius 2 is 2.11 bits per heavy atom. The molecule has 1 heterocycles. The summed E-state index contributed by atoms with van der Waals surface area (Å²) in [6.07, 6.45) is 0. The number of hydrogen-bond acceptors (Lipinski definition) is 4. The Balaban J connectivity index is 2.36. The highest BCUT2D eigenvalue weighted by atomic mass is 32.2. The van der Waals surface area contributed by atoms with Gasteiger partial charge in [-0.3, -0.25) is 9.59 Å². The van der Waals surface area contributed by atoms with Crippen LogP contribution in [0.1, 0.15) is 6.92 Å². The molecule has 0 bridgehead atoms. The van der Waals surface area contributed by atoms with Gasteiger partial charge in [-0.25, -0.2) is 0 Å². The number of rotatable bonds is 4. The topological polar surface area (TPSA) is 48.3 Å². The number of carbonyl (C=O) groups is 1. The van der Waals surface area contributed by atoms with Crippen molar-refractivity contribution in [2.24, 2.45) is 7.05 Å². The third-order valence-electron chi connectivity index (χ3n) is 2.77. The molecule has 5 heteroatoms. The van der Waals surface area contributed by atoms with Crippen molar-refractivity contribution in [3.8, 4) is 0 Å². The number of nitrogens with zero attached hydrogens (tertiary/aromatic N) is 1. The van der Waals surface area contributed by atoms with E-state index in [0.29, 0.717) is 6.61 Å². The number of pyridine rings is 1. The number of para-hydroxylation sites is 1. The molecular weight excluding hydrogens is 262 g/mol. The number of carbonyl (C=O) groups excluding carboxylic acids is 1. The number of fused-ring (bicyclic) bond motifs is 1. The molecule has 0 aliphatic heterocycles. The Morgan fingerprint density at radius 3 is 2.84 bits per heavy atom. The van der Waals surface area contributed by atoms with Crippen molar-refractivity contribution in [3.05, 3.63) is 40.7 Å². The van der Waals surface area contributed by atoms with E-state index >= 15 is 0 Å². The third-order valence-corrected chi connectivity index (χ3v) is 3.80. The second-order valence-electron chi connectivity index (χ2n) is 4.02. The Morgan fingerprint density at radius 1 is 1.37 bits per heavy atom. The Kier molecular flexibility index (Phi) is 4.27. The summed E-state index contributed by atoms with van der Waals surface area (Å²) in [6.45, 7) is 2.15. The minimum absolute atomic E-state index is 0.0786. The van der Waals surface area contributed by atoms with E-state index in [-0.39, 0.29) is 17.3 Å². The molecule has 100 valence electrons. The van der Waals surface area contributed by atoms with Crippen LogP contribution in [0.2, 0.25) is 0 Å². The normalized spacial score (nSPS) is 10.6. The average Bonchev–Trinajstić information content (AvgIpc) is 2.42. The number of benzene rings is 1. The smallest absolute Gasteiger partial charge is 0.316 e. The fourth-order valence-corrected chi connectivity index (χ4v) is 2.71. The molecule has 19 heavy (non-hydrogen) atoms. The lowest BCUT2D eigenvalue weighted by atomic mass is 10.2. The van der Waals surface area contributed by atoms with Gasteiger partial charge in [0.1, 0.15) is 0 Å². The van der Waals surface area contributed by atoms with Crippen molar-refractivity contribution in [1.82, 2.24) is 4.57 Å². The highest BCUT2D eigenvalue weighted by molar-refractivity contribution is 8.00. The van der Waals surface area contributed by atoms with Crippen LogP contribution in [0.3, 0.4) is 0 Å². The predicted octanol–water partition coefficient (Wildman–Crippen LogP) is 2.19. The average molecular weight is 277 g/mol. The summed E-state index contributed by atoms with van der Waals surface area (Å²) in [5, 5.41) is 0.971. The second-order valence-corrected chi connectivity index (χ2v) is 5.03. The Hall–Kier alpha value is -1.75. The number of aromatic nitrogens is 1. The predicted molar refractivity (Wildman–Crippen MR) is 76.5 cm³/mol. The van der Waals surface area contributed by atoms with Crippen molar-refractivity contribution < 1.29 is 9.53 Å². The summed E-state index contributed by atoms with van der Waals surface area (Å²) in [6, 6.07) is 9.21. The highest BCUT2D eigenvalue weighted by Crippen LogP contribution is 2.25. The molecule has 0 amide bonds. The fourth-order valence-electron chi connectivity index (χ4n) is 1.84. The van der Waals surface area contributed by atoms with Gasteiger partial charge in [0.15, 0.2) is 0 Å². The van der Waals surface area contributed by atoms with Crippen molar-refractivity contribution in [2.75, 3.05) is 12.4 Å². The lowest BCUT2D eigenvalue weighted by Gasteiger charge is -2.09. The molecule has 0 unspecified atom stereocenters. The van der Waals surface area contributed by atoms with Gasteiger partial charge in [0.25, 0.3) is 5.56 Å². The van der Waals surface area contributed by atoms with Crippen molar-refractivity contribution in [1.29, 1.82) is 0 Å². The van der Waals surface area contributed by atoms with Gasteiger partial charge in [0.05, 0.1) is 17.9 Å². The Bertz CT molecular complexity index is 663. The van der Waals surface area contributed by atoms with Crippen LogP contribution in [-0.2, 0) is 16.6 Å². The molecule has 0 spiro atoms. The lowest BCUT2D eigenvalue weighted by Crippen LogP contribution is -2.16.